The van der Waals surface area contributed by atoms with Gasteiger partial charge < -0.3 is 14.9 Å². The summed E-state index contributed by atoms with van der Waals surface area (Å²) in [6.07, 6.45) is 0. The molecule has 0 aromatic heterocycles. The quantitative estimate of drug-likeness (QED) is 0.146. The number of nitrogens with zero attached hydrogens (tertiary/aromatic N) is 1. The fourth-order valence-corrected chi connectivity index (χ4v) is 5.51. The summed E-state index contributed by atoms with van der Waals surface area (Å²) < 4.78 is 5.45. The molecule has 0 amide bonds. The number of ether oxygens (including phenoxy) is 1. The predicted molar refractivity (Wildman–Crippen MR) is 219 cm³/mol. The minimum atomic E-state index is -0.182. The molecule has 0 radical (unpaired) electrons. The number of aromatic hydroxyl groups is 2. The van der Waals surface area contributed by atoms with Gasteiger partial charge >= 0.3 is 21.7 Å². The van der Waals surface area contributed by atoms with Crippen LogP contribution in [0.2, 0.25) is 0 Å². The van der Waals surface area contributed by atoms with Crippen molar-refractivity contribution in [1.82, 2.24) is 4.90 Å². The first-order valence-corrected chi connectivity index (χ1v) is 18.1. The van der Waals surface area contributed by atoms with Crippen molar-refractivity contribution in [2.24, 2.45) is 0 Å². The van der Waals surface area contributed by atoms with E-state index in [0.29, 0.717) is 37.7 Å². The van der Waals surface area contributed by atoms with Crippen LogP contribution in [-0.4, -0.2) is 35.4 Å². The van der Waals surface area contributed by atoms with Crippen molar-refractivity contribution in [1.29, 1.82) is 0 Å². The van der Waals surface area contributed by atoms with Gasteiger partial charge in [0.1, 0.15) is 11.5 Å². The minimum absolute atomic E-state index is 0. The molecule has 2 N–H and O–H groups in total. The zero-order valence-corrected chi connectivity index (χ0v) is 36.1. The van der Waals surface area contributed by atoms with E-state index in [4.69, 9.17) is 4.74 Å². The van der Waals surface area contributed by atoms with Gasteiger partial charge in [-0.3, -0.25) is 4.90 Å². The van der Waals surface area contributed by atoms with Crippen molar-refractivity contribution in [3.63, 3.8) is 0 Å². The molecular weight excluding hydrogens is 674 g/mol. The largest absolute Gasteiger partial charge is 2.00 e. The standard InChI is InChI=1S/C33H53NO3.2C7H7.Ti/c1-30(2,3)24-16-22(28(35)26(18-24)32(7,8)9)20-34(14-15-37-13)21-23-17-25(31(4,5)6)19-27(29(23)36)33(10,11)12;2*1-7-5-3-2-4-6-7;/h16-19,35-36H,14-15,20-21H2,1-13H3;2*2-6H,1H2;/q;2*-1;+2. The molecule has 0 aliphatic carbocycles. The van der Waals surface area contributed by atoms with E-state index < -0.39 is 0 Å². The van der Waals surface area contributed by atoms with Crippen molar-refractivity contribution in [3.8, 4) is 11.5 Å². The van der Waals surface area contributed by atoms with Gasteiger partial charge in [-0.05, 0) is 43.9 Å². The van der Waals surface area contributed by atoms with Crippen LogP contribution >= 0.6 is 0 Å². The summed E-state index contributed by atoms with van der Waals surface area (Å²) in [5.74, 6) is 0.733. The molecule has 0 heterocycles. The Morgan fingerprint density at radius 2 is 0.865 bits per heavy atom. The number of rotatable bonds is 7. The second-order valence-corrected chi connectivity index (χ2v) is 17.7. The summed E-state index contributed by atoms with van der Waals surface area (Å²) in [6.45, 7) is 35.9. The van der Waals surface area contributed by atoms with Crippen LogP contribution in [0.5, 0.6) is 11.5 Å². The summed E-state index contributed by atoms with van der Waals surface area (Å²) in [5, 5.41) is 22.8. The second kappa shape index (κ2) is 19.8. The van der Waals surface area contributed by atoms with Crippen molar-refractivity contribution in [2.75, 3.05) is 20.3 Å². The van der Waals surface area contributed by atoms with E-state index in [0.717, 1.165) is 33.4 Å². The molecule has 4 aromatic rings. The Morgan fingerprint density at radius 1 is 0.538 bits per heavy atom. The Morgan fingerprint density at radius 3 is 1.10 bits per heavy atom. The fourth-order valence-electron chi connectivity index (χ4n) is 5.51. The topological polar surface area (TPSA) is 52.9 Å². The monoisotopic (exact) mass is 741 g/mol. The van der Waals surface area contributed by atoms with Crippen LogP contribution in [0.25, 0.3) is 0 Å². The fraction of sp³-hybridized carbons (Fsp3) is 0.447. The molecule has 0 unspecified atom stereocenters. The second-order valence-electron chi connectivity index (χ2n) is 17.7. The number of hydrogen-bond acceptors (Lipinski definition) is 4. The Hall–Kier alpha value is -3.15. The Balaban J connectivity index is 0.000000740. The third-order valence-corrected chi connectivity index (χ3v) is 8.81. The summed E-state index contributed by atoms with van der Waals surface area (Å²) in [5.41, 5.74) is 7.88. The molecule has 4 aromatic carbocycles. The first kappa shape index (κ1) is 46.9. The van der Waals surface area contributed by atoms with Crippen LogP contribution < -0.4 is 0 Å². The van der Waals surface area contributed by atoms with Gasteiger partial charge in [-0.15, -0.1) is 24.3 Å². The van der Waals surface area contributed by atoms with E-state index in [1.807, 2.05) is 60.7 Å². The predicted octanol–water partition coefficient (Wildman–Crippen LogP) is 11.7. The maximum absolute atomic E-state index is 11.4. The molecule has 5 heteroatoms. The Labute approximate surface area is 332 Å². The smallest absolute Gasteiger partial charge is 0.507 e. The van der Waals surface area contributed by atoms with Crippen molar-refractivity contribution in [2.45, 2.75) is 118 Å². The normalized spacial score (nSPS) is 11.9. The zero-order chi connectivity index (χ0) is 38.8. The Bertz CT molecular complexity index is 1520. The average Bonchev–Trinajstić information content (AvgIpc) is 3.01. The zero-order valence-electron chi connectivity index (χ0n) is 34.6. The van der Waals surface area contributed by atoms with Crippen molar-refractivity contribution < 1.29 is 36.7 Å². The molecule has 4 rings (SSSR count). The first-order valence-electron chi connectivity index (χ1n) is 18.1. The summed E-state index contributed by atoms with van der Waals surface area (Å²) in [7, 11) is 1.71. The van der Waals surface area contributed by atoms with Gasteiger partial charge in [0, 0.05) is 37.9 Å². The van der Waals surface area contributed by atoms with E-state index in [9.17, 15) is 10.2 Å². The number of hydrogen-bond donors (Lipinski definition) is 2. The summed E-state index contributed by atoms with van der Waals surface area (Å²) in [6, 6.07) is 28.4. The van der Waals surface area contributed by atoms with Crippen LogP contribution in [0, 0.1) is 13.8 Å². The van der Waals surface area contributed by atoms with Crippen LogP contribution in [0.1, 0.15) is 128 Å². The minimum Gasteiger partial charge on any atom is -0.507 e. The number of phenols is 2. The molecule has 0 bridgehead atoms. The molecule has 0 saturated heterocycles. The van der Waals surface area contributed by atoms with Crippen LogP contribution in [0.4, 0.5) is 0 Å². The van der Waals surface area contributed by atoms with Gasteiger partial charge in [0.15, 0.2) is 0 Å². The van der Waals surface area contributed by atoms with Gasteiger partial charge in [0.2, 0.25) is 0 Å². The van der Waals surface area contributed by atoms with E-state index in [2.05, 4.69) is 126 Å². The molecule has 0 fully saturated rings. The number of benzene rings is 4. The van der Waals surface area contributed by atoms with Crippen LogP contribution in [-0.2, 0) is 61.2 Å². The van der Waals surface area contributed by atoms with Gasteiger partial charge in [0.05, 0.1) is 6.61 Å². The maximum atomic E-state index is 11.4. The molecular formula is C47H67NO3Ti. The van der Waals surface area contributed by atoms with Gasteiger partial charge in [-0.25, -0.2) is 0 Å². The summed E-state index contributed by atoms with van der Waals surface area (Å²) in [4.78, 5) is 2.27. The van der Waals surface area contributed by atoms with Gasteiger partial charge in [0.25, 0.3) is 0 Å². The first-order chi connectivity index (χ1) is 23.4. The van der Waals surface area contributed by atoms with E-state index in [-0.39, 0.29) is 43.4 Å². The molecule has 0 aliphatic heterocycles. The molecule has 0 saturated carbocycles. The van der Waals surface area contributed by atoms with Gasteiger partial charge in [-0.2, -0.15) is 49.2 Å². The molecule has 0 aliphatic rings. The van der Waals surface area contributed by atoms with Crippen molar-refractivity contribution >= 4 is 0 Å². The molecule has 4 nitrogen and oxygen atoms in total. The molecule has 52 heavy (non-hydrogen) atoms. The van der Waals surface area contributed by atoms with E-state index >= 15 is 0 Å². The third kappa shape index (κ3) is 15.1. The SMILES string of the molecule is COCCN(Cc1cc(C(C)(C)C)cc(C(C)(C)C)c1O)Cc1cc(C(C)(C)C)cc(C(C)(C)C)c1O.[CH2-]c1ccccc1.[CH2-]c1ccccc1.[Ti+2]. The summed E-state index contributed by atoms with van der Waals surface area (Å²) >= 11 is 0. The Kier molecular flexibility index (Phi) is 17.8. The average molecular weight is 742 g/mol. The van der Waals surface area contributed by atoms with E-state index in [1.165, 1.54) is 11.1 Å². The van der Waals surface area contributed by atoms with Crippen molar-refractivity contribution in [3.05, 3.63) is 143 Å². The number of methoxy groups -OCH3 is 1. The van der Waals surface area contributed by atoms with E-state index in [1.54, 1.807) is 7.11 Å². The molecule has 0 atom stereocenters. The van der Waals surface area contributed by atoms with Gasteiger partial charge in [-0.1, -0.05) is 119 Å². The molecule has 282 valence electrons. The third-order valence-electron chi connectivity index (χ3n) is 8.81. The van der Waals surface area contributed by atoms with Crippen LogP contribution in [0.15, 0.2) is 84.9 Å². The maximum Gasteiger partial charge on any atom is 2.00 e. The molecule has 0 spiro atoms. The number of phenolic OH excluding ortho intramolecular Hbond substituents is 2. The van der Waals surface area contributed by atoms with Crippen LogP contribution in [0.3, 0.4) is 0 Å².